The molecule has 1 saturated carbocycles. The monoisotopic (exact) mass is 359 g/mol. The number of rotatable bonds is 6. The number of hydrogen-bond acceptors (Lipinski definition) is 5. The summed E-state index contributed by atoms with van der Waals surface area (Å²) in [6, 6.07) is 8.49. The molecule has 6 nitrogen and oxygen atoms in total. The predicted molar refractivity (Wildman–Crippen MR) is 102 cm³/mol. The number of benzene rings is 1. The van der Waals surface area contributed by atoms with Crippen molar-refractivity contribution in [1.29, 1.82) is 0 Å². The summed E-state index contributed by atoms with van der Waals surface area (Å²) in [7, 11) is 1.41. The van der Waals surface area contributed by atoms with Gasteiger partial charge < -0.3 is 20.3 Å². The first-order valence-corrected chi connectivity index (χ1v) is 9.62. The van der Waals surface area contributed by atoms with Gasteiger partial charge in [0.15, 0.2) is 0 Å². The number of ether oxygens (including phenoxy) is 1. The number of amides is 1. The van der Waals surface area contributed by atoms with Crippen LogP contribution < -0.4 is 15.5 Å². The predicted octanol–water partition coefficient (Wildman–Crippen LogP) is 2.55. The van der Waals surface area contributed by atoms with Gasteiger partial charge in [-0.2, -0.15) is 0 Å². The zero-order valence-electron chi connectivity index (χ0n) is 15.5. The molecule has 0 spiro atoms. The number of carbonyl (C=O) groups is 2. The van der Waals surface area contributed by atoms with Crippen molar-refractivity contribution >= 4 is 23.3 Å². The molecular weight excluding hydrogens is 330 g/mol. The average Bonchev–Trinajstić information content (AvgIpc) is 3.22. The second-order valence-corrected chi connectivity index (χ2v) is 7.24. The van der Waals surface area contributed by atoms with Crippen LogP contribution >= 0.6 is 0 Å². The Labute approximate surface area is 155 Å². The summed E-state index contributed by atoms with van der Waals surface area (Å²) in [6.07, 6.45) is 6.36. The molecule has 2 fully saturated rings. The van der Waals surface area contributed by atoms with Crippen LogP contribution in [0.2, 0.25) is 0 Å². The smallest absolute Gasteiger partial charge is 0.319 e. The number of esters is 1. The largest absolute Gasteiger partial charge is 0.468 e. The molecule has 2 N–H and O–H groups in total. The minimum Gasteiger partial charge on any atom is -0.468 e. The van der Waals surface area contributed by atoms with Crippen LogP contribution in [0.3, 0.4) is 0 Å². The fourth-order valence-corrected chi connectivity index (χ4v) is 3.83. The fourth-order valence-electron chi connectivity index (χ4n) is 3.83. The number of methoxy groups -OCH3 is 1. The summed E-state index contributed by atoms with van der Waals surface area (Å²) in [5.41, 5.74) is 2.05. The van der Waals surface area contributed by atoms with Gasteiger partial charge in [0.25, 0.3) is 0 Å². The van der Waals surface area contributed by atoms with E-state index in [4.69, 9.17) is 0 Å². The Morgan fingerprint density at radius 2 is 1.73 bits per heavy atom. The maximum atomic E-state index is 12.2. The quantitative estimate of drug-likeness (QED) is 0.764. The van der Waals surface area contributed by atoms with Crippen molar-refractivity contribution in [3.63, 3.8) is 0 Å². The van der Waals surface area contributed by atoms with Crippen molar-refractivity contribution in [2.45, 2.75) is 44.6 Å². The molecular formula is C20H29N3O3. The van der Waals surface area contributed by atoms with Gasteiger partial charge in [0, 0.05) is 36.4 Å². The highest BCUT2D eigenvalue weighted by Gasteiger charge is 2.23. The van der Waals surface area contributed by atoms with Crippen molar-refractivity contribution in [3.05, 3.63) is 24.3 Å². The summed E-state index contributed by atoms with van der Waals surface area (Å²) in [4.78, 5) is 25.8. The van der Waals surface area contributed by atoms with E-state index < -0.39 is 0 Å². The summed E-state index contributed by atoms with van der Waals surface area (Å²) in [5.74, 6) is 0.126. The van der Waals surface area contributed by atoms with E-state index in [-0.39, 0.29) is 24.3 Å². The van der Waals surface area contributed by atoms with E-state index in [0.717, 1.165) is 44.5 Å². The minimum absolute atomic E-state index is 0.160. The third kappa shape index (κ3) is 4.97. The van der Waals surface area contributed by atoms with Crippen molar-refractivity contribution in [3.8, 4) is 0 Å². The van der Waals surface area contributed by atoms with E-state index in [9.17, 15) is 9.59 Å². The van der Waals surface area contributed by atoms with Gasteiger partial charge >= 0.3 is 5.97 Å². The lowest BCUT2D eigenvalue weighted by Gasteiger charge is -2.34. The first-order valence-electron chi connectivity index (χ1n) is 9.62. The van der Waals surface area contributed by atoms with Gasteiger partial charge in [-0.1, -0.05) is 12.8 Å². The Balaban J connectivity index is 1.45. The van der Waals surface area contributed by atoms with Crippen LogP contribution in [0.4, 0.5) is 11.4 Å². The lowest BCUT2D eigenvalue weighted by atomic mass is 10.0. The van der Waals surface area contributed by atoms with E-state index in [2.05, 4.69) is 32.4 Å². The van der Waals surface area contributed by atoms with Crippen molar-refractivity contribution in [2.24, 2.45) is 5.92 Å². The standard InChI is InChI=1S/C20H29N3O3/c1-26-19(24)14-21-16-10-12-23(13-11-16)18-8-6-17(7-9-18)22-20(25)15-4-2-3-5-15/h6-9,15-16,21H,2-5,10-14H2,1H3,(H,22,25). The van der Waals surface area contributed by atoms with Crippen LogP contribution in [0.15, 0.2) is 24.3 Å². The van der Waals surface area contributed by atoms with Gasteiger partial charge in [-0.15, -0.1) is 0 Å². The van der Waals surface area contributed by atoms with Gasteiger partial charge in [-0.05, 0) is 49.9 Å². The fraction of sp³-hybridized carbons (Fsp3) is 0.600. The molecule has 3 rings (SSSR count). The van der Waals surface area contributed by atoms with Crippen LogP contribution in [0.25, 0.3) is 0 Å². The number of anilines is 2. The molecule has 1 aromatic rings. The summed E-state index contributed by atoms with van der Waals surface area (Å²) in [6.45, 7) is 2.18. The van der Waals surface area contributed by atoms with E-state index >= 15 is 0 Å². The van der Waals surface area contributed by atoms with Crippen LogP contribution in [0.1, 0.15) is 38.5 Å². The number of piperidine rings is 1. The SMILES string of the molecule is COC(=O)CNC1CCN(c2ccc(NC(=O)C3CCCC3)cc2)CC1. The van der Waals surface area contributed by atoms with E-state index in [0.29, 0.717) is 6.04 Å². The molecule has 1 saturated heterocycles. The first-order chi connectivity index (χ1) is 12.7. The van der Waals surface area contributed by atoms with Crippen LogP contribution in [0, 0.1) is 5.92 Å². The van der Waals surface area contributed by atoms with Gasteiger partial charge in [-0.3, -0.25) is 9.59 Å². The van der Waals surface area contributed by atoms with Crippen molar-refractivity contribution < 1.29 is 14.3 Å². The molecule has 142 valence electrons. The number of carbonyl (C=O) groups excluding carboxylic acids is 2. The van der Waals surface area contributed by atoms with Gasteiger partial charge in [0.2, 0.25) is 5.91 Å². The Hall–Kier alpha value is -2.08. The molecule has 1 aromatic carbocycles. The third-order valence-electron chi connectivity index (χ3n) is 5.48. The second-order valence-electron chi connectivity index (χ2n) is 7.24. The van der Waals surface area contributed by atoms with E-state index in [1.54, 1.807) is 0 Å². The molecule has 0 radical (unpaired) electrons. The lowest BCUT2D eigenvalue weighted by molar-refractivity contribution is -0.139. The van der Waals surface area contributed by atoms with E-state index in [1.807, 2.05) is 12.1 Å². The Kier molecular flexibility index (Phi) is 6.50. The van der Waals surface area contributed by atoms with Crippen molar-refractivity contribution in [2.75, 3.05) is 37.0 Å². The third-order valence-corrected chi connectivity index (χ3v) is 5.48. The normalized spacial score (nSPS) is 18.7. The van der Waals surface area contributed by atoms with E-state index in [1.165, 1.54) is 25.6 Å². The molecule has 1 aliphatic heterocycles. The van der Waals surface area contributed by atoms with Crippen LogP contribution in [0.5, 0.6) is 0 Å². The van der Waals surface area contributed by atoms with Gasteiger partial charge in [0.1, 0.15) is 0 Å². The molecule has 1 aliphatic carbocycles. The number of nitrogens with zero attached hydrogens (tertiary/aromatic N) is 1. The van der Waals surface area contributed by atoms with Crippen LogP contribution in [-0.4, -0.2) is 44.7 Å². The Morgan fingerprint density at radius 3 is 2.35 bits per heavy atom. The lowest BCUT2D eigenvalue weighted by Crippen LogP contribution is -2.44. The van der Waals surface area contributed by atoms with Gasteiger partial charge in [-0.25, -0.2) is 0 Å². The number of nitrogens with one attached hydrogen (secondary N) is 2. The maximum absolute atomic E-state index is 12.2. The molecule has 1 heterocycles. The van der Waals surface area contributed by atoms with Crippen LogP contribution in [-0.2, 0) is 14.3 Å². The topological polar surface area (TPSA) is 70.7 Å². The minimum atomic E-state index is -0.220. The first kappa shape index (κ1) is 18.7. The molecule has 1 amide bonds. The zero-order valence-corrected chi connectivity index (χ0v) is 15.5. The Bertz CT molecular complexity index is 603. The average molecular weight is 359 g/mol. The maximum Gasteiger partial charge on any atom is 0.319 e. The Morgan fingerprint density at radius 1 is 1.08 bits per heavy atom. The van der Waals surface area contributed by atoms with Gasteiger partial charge in [0.05, 0.1) is 13.7 Å². The summed E-state index contributed by atoms with van der Waals surface area (Å²) in [5, 5.41) is 6.30. The highest BCUT2D eigenvalue weighted by atomic mass is 16.5. The molecule has 0 unspecified atom stereocenters. The highest BCUT2D eigenvalue weighted by Crippen LogP contribution is 2.27. The molecule has 0 aromatic heterocycles. The molecule has 0 atom stereocenters. The molecule has 6 heteroatoms. The summed E-state index contributed by atoms with van der Waals surface area (Å²) < 4.78 is 4.66. The molecule has 26 heavy (non-hydrogen) atoms. The summed E-state index contributed by atoms with van der Waals surface area (Å²) >= 11 is 0. The van der Waals surface area contributed by atoms with Crippen molar-refractivity contribution in [1.82, 2.24) is 5.32 Å². The second kappa shape index (κ2) is 9.03. The molecule has 2 aliphatic rings. The number of hydrogen-bond donors (Lipinski definition) is 2. The zero-order chi connectivity index (χ0) is 18.4. The molecule has 0 bridgehead atoms. The highest BCUT2D eigenvalue weighted by molar-refractivity contribution is 5.92.